The number of nitrogens with one attached hydrogen (secondary N) is 1. The molecular formula is C11H24N2O2. The highest BCUT2D eigenvalue weighted by atomic mass is 16.3. The molecule has 0 aromatic heterocycles. The third-order valence-corrected chi connectivity index (χ3v) is 2.93. The molecule has 3 N–H and O–H groups in total. The smallest absolute Gasteiger partial charge is 0.0791 e. The van der Waals surface area contributed by atoms with Crippen LogP contribution in [-0.4, -0.2) is 60.0 Å². The largest absolute Gasteiger partial charge is 0.396 e. The first-order valence-corrected chi connectivity index (χ1v) is 5.97. The quantitative estimate of drug-likeness (QED) is 0.552. The first-order valence-electron chi connectivity index (χ1n) is 5.97. The molecule has 1 rings (SSSR count). The number of rotatable bonds is 7. The summed E-state index contributed by atoms with van der Waals surface area (Å²) in [6, 6.07) is 0.281. The maximum Gasteiger partial charge on any atom is 0.0791 e. The van der Waals surface area contributed by atoms with E-state index in [1.807, 2.05) is 6.92 Å². The average Bonchev–Trinajstić information content (AvgIpc) is 2.68. The predicted octanol–water partition coefficient (Wildman–Crippen LogP) is -0.196. The highest BCUT2D eigenvalue weighted by Gasteiger charge is 2.15. The van der Waals surface area contributed by atoms with Crippen molar-refractivity contribution in [1.82, 2.24) is 10.2 Å². The van der Waals surface area contributed by atoms with E-state index in [9.17, 15) is 5.11 Å². The summed E-state index contributed by atoms with van der Waals surface area (Å²) in [6.45, 7) is 5.89. The van der Waals surface area contributed by atoms with Crippen LogP contribution in [0.4, 0.5) is 0 Å². The van der Waals surface area contributed by atoms with Crippen molar-refractivity contribution in [1.29, 1.82) is 0 Å². The molecule has 0 amide bonds. The first kappa shape index (κ1) is 12.9. The summed E-state index contributed by atoms with van der Waals surface area (Å²) in [6.07, 6.45) is 2.99. The van der Waals surface area contributed by atoms with E-state index in [0.29, 0.717) is 6.54 Å². The number of likely N-dealkylation sites (tertiary alicyclic amines) is 1. The van der Waals surface area contributed by atoms with Crippen LogP contribution in [-0.2, 0) is 0 Å². The molecule has 0 spiro atoms. The second-order valence-corrected chi connectivity index (χ2v) is 4.48. The summed E-state index contributed by atoms with van der Waals surface area (Å²) in [7, 11) is 0. The lowest BCUT2D eigenvalue weighted by Crippen LogP contribution is -2.40. The summed E-state index contributed by atoms with van der Waals surface area (Å²) < 4.78 is 0. The Labute approximate surface area is 92.3 Å². The Morgan fingerprint density at radius 2 is 2.00 bits per heavy atom. The van der Waals surface area contributed by atoms with Gasteiger partial charge in [0, 0.05) is 25.7 Å². The van der Waals surface area contributed by atoms with E-state index in [-0.39, 0.29) is 18.8 Å². The van der Waals surface area contributed by atoms with E-state index in [0.717, 1.165) is 26.1 Å². The van der Waals surface area contributed by atoms with Gasteiger partial charge in [0.05, 0.1) is 6.10 Å². The summed E-state index contributed by atoms with van der Waals surface area (Å²) in [5, 5.41) is 21.7. The average molecular weight is 216 g/mol. The van der Waals surface area contributed by atoms with Crippen molar-refractivity contribution < 1.29 is 10.2 Å². The lowest BCUT2D eigenvalue weighted by Gasteiger charge is -2.21. The predicted molar refractivity (Wildman–Crippen MR) is 60.8 cm³/mol. The minimum Gasteiger partial charge on any atom is -0.396 e. The van der Waals surface area contributed by atoms with E-state index in [2.05, 4.69) is 10.2 Å². The number of hydrogen-bond donors (Lipinski definition) is 3. The van der Waals surface area contributed by atoms with Gasteiger partial charge in [-0.15, -0.1) is 0 Å². The SMILES string of the molecule is CC(CCO)NCC(O)CN1CCCC1. The molecule has 90 valence electrons. The fourth-order valence-corrected chi connectivity index (χ4v) is 1.96. The second-order valence-electron chi connectivity index (χ2n) is 4.48. The van der Waals surface area contributed by atoms with Crippen molar-refractivity contribution in [3.05, 3.63) is 0 Å². The van der Waals surface area contributed by atoms with Crippen molar-refractivity contribution in [2.45, 2.75) is 38.3 Å². The minimum atomic E-state index is -0.288. The molecule has 0 saturated carbocycles. The van der Waals surface area contributed by atoms with Crippen LogP contribution in [0.3, 0.4) is 0 Å². The van der Waals surface area contributed by atoms with Crippen molar-refractivity contribution in [3.8, 4) is 0 Å². The Bertz CT molecular complexity index is 161. The van der Waals surface area contributed by atoms with Crippen molar-refractivity contribution in [2.24, 2.45) is 0 Å². The van der Waals surface area contributed by atoms with Crippen LogP contribution in [0, 0.1) is 0 Å². The van der Waals surface area contributed by atoms with Crippen LogP contribution in [0.5, 0.6) is 0 Å². The summed E-state index contributed by atoms with van der Waals surface area (Å²) in [4.78, 5) is 2.31. The summed E-state index contributed by atoms with van der Waals surface area (Å²) in [5.74, 6) is 0. The van der Waals surface area contributed by atoms with Gasteiger partial charge in [0.15, 0.2) is 0 Å². The van der Waals surface area contributed by atoms with Gasteiger partial charge in [-0.2, -0.15) is 0 Å². The van der Waals surface area contributed by atoms with Crippen LogP contribution in [0.2, 0.25) is 0 Å². The van der Waals surface area contributed by atoms with Crippen LogP contribution >= 0.6 is 0 Å². The summed E-state index contributed by atoms with van der Waals surface area (Å²) >= 11 is 0. The van der Waals surface area contributed by atoms with Gasteiger partial charge in [0.2, 0.25) is 0 Å². The normalized spacial score (nSPS) is 21.8. The fraction of sp³-hybridized carbons (Fsp3) is 1.00. The lowest BCUT2D eigenvalue weighted by molar-refractivity contribution is 0.119. The van der Waals surface area contributed by atoms with Gasteiger partial charge in [0.25, 0.3) is 0 Å². The Hall–Kier alpha value is -0.160. The van der Waals surface area contributed by atoms with Crippen molar-refractivity contribution >= 4 is 0 Å². The van der Waals surface area contributed by atoms with E-state index in [1.165, 1.54) is 12.8 Å². The second kappa shape index (κ2) is 7.17. The molecule has 0 aromatic rings. The maximum atomic E-state index is 9.76. The zero-order valence-corrected chi connectivity index (χ0v) is 9.65. The molecule has 1 fully saturated rings. The Balaban J connectivity index is 2.04. The van der Waals surface area contributed by atoms with Gasteiger partial charge < -0.3 is 20.4 Å². The molecule has 0 aliphatic carbocycles. The number of hydrogen-bond acceptors (Lipinski definition) is 4. The van der Waals surface area contributed by atoms with E-state index in [1.54, 1.807) is 0 Å². The molecule has 4 nitrogen and oxygen atoms in total. The highest BCUT2D eigenvalue weighted by molar-refractivity contribution is 4.72. The Kier molecular flexibility index (Phi) is 6.17. The van der Waals surface area contributed by atoms with Crippen molar-refractivity contribution in [3.63, 3.8) is 0 Å². The van der Waals surface area contributed by atoms with Crippen molar-refractivity contribution in [2.75, 3.05) is 32.8 Å². The number of aliphatic hydroxyl groups is 2. The molecule has 0 bridgehead atoms. The summed E-state index contributed by atoms with van der Waals surface area (Å²) in [5.41, 5.74) is 0. The highest BCUT2D eigenvalue weighted by Crippen LogP contribution is 2.07. The monoisotopic (exact) mass is 216 g/mol. The maximum absolute atomic E-state index is 9.76. The minimum absolute atomic E-state index is 0.205. The molecule has 1 saturated heterocycles. The van der Waals surface area contributed by atoms with Gasteiger partial charge in [-0.05, 0) is 39.3 Å². The molecular weight excluding hydrogens is 192 g/mol. The van der Waals surface area contributed by atoms with Gasteiger partial charge in [-0.1, -0.05) is 0 Å². The van der Waals surface area contributed by atoms with Gasteiger partial charge in [-0.3, -0.25) is 0 Å². The first-order chi connectivity index (χ1) is 7.22. The molecule has 4 heteroatoms. The standard InChI is InChI=1S/C11H24N2O2/c1-10(4-7-14)12-8-11(15)9-13-5-2-3-6-13/h10-12,14-15H,2-9H2,1H3. The lowest BCUT2D eigenvalue weighted by atomic mass is 10.2. The third-order valence-electron chi connectivity index (χ3n) is 2.93. The number of aliphatic hydroxyl groups excluding tert-OH is 2. The molecule has 1 aliphatic rings. The zero-order valence-electron chi connectivity index (χ0n) is 9.65. The third kappa shape index (κ3) is 5.47. The number of β-amino-alcohol motifs (C(OH)–C–C–N with tert-alkyl or cyclic N) is 1. The van der Waals surface area contributed by atoms with Crippen LogP contribution in [0.1, 0.15) is 26.2 Å². The molecule has 0 aromatic carbocycles. The molecule has 0 radical (unpaired) electrons. The molecule has 15 heavy (non-hydrogen) atoms. The van der Waals surface area contributed by atoms with E-state index >= 15 is 0 Å². The zero-order chi connectivity index (χ0) is 11.1. The van der Waals surface area contributed by atoms with E-state index < -0.39 is 0 Å². The van der Waals surface area contributed by atoms with Gasteiger partial charge >= 0.3 is 0 Å². The Morgan fingerprint density at radius 1 is 1.33 bits per heavy atom. The Morgan fingerprint density at radius 3 is 2.60 bits per heavy atom. The fourth-order valence-electron chi connectivity index (χ4n) is 1.96. The van der Waals surface area contributed by atoms with Crippen LogP contribution in [0.25, 0.3) is 0 Å². The van der Waals surface area contributed by atoms with Gasteiger partial charge in [0.1, 0.15) is 0 Å². The van der Waals surface area contributed by atoms with Crippen LogP contribution < -0.4 is 5.32 Å². The topological polar surface area (TPSA) is 55.7 Å². The number of nitrogens with zero attached hydrogens (tertiary/aromatic N) is 1. The molecule has 2 atom stereocenters. The van der Waals surface area contributed by atoms with Crippen LogP contribution in [0.15, 0.2) is 0 Å². The molecule has 1 aliphatic heterocycles. The van der Waals surface area contributed by atoms with E-state index in [4.69, 9.17) is 5.11 Å². The van der Waals surface area contributed by atoms with Gasteiger partial charge in [-0.25, -0.2) is 0 Å². The molecule has 1 heterocycles. The molecule has 2 unspecified atom stereocenters.